The fraction of sp³-hybridized carbons (Fsp3) is 0.333. The van der Waals surface area contributed by atoms with Crippen LogP contribution in [-0.4, -0.2) is 35.5 Å². The lowest BCUT2D eigenvalue weighted by Crippen LogP contribution is -2.31. The predicted molar refractivity (Wildman–Crippen MR) is 124 cm³/mol. The summed E-state index contributed by atoms with van der Waals surface area (Å²) in [6.45, 7) is 1.87. The van der Waals surface area contributed by atoms with Gasteiger partial charge in [0.05, 0.1) is 12.4 Å². The zero-order chi connectivity index (χ0) is 24.1. The second kappa shape index (κ2) is 10.8. The molecule has 1 fully saturated rings. The first kappa shape index (κ1) is 23.9. The number of carbonyl (C=O) groups is 1. The molecule has 2 aromatic carbocycles. The molecule has 1 amide bonds. The van der Waals surface area contributed by atoms with Crippen molar-refractivity contribution in [2.75, 3.05) is 13.7 Å². The van der Waals surface area contributed by atoms with Crippen molar-refractivity contribution in [2.45, 2.75) is 37.5 Å². The van der Waals surface area contributed by atoms with Gasteiger partial charge in [0.15, 0.2) is 5.76 Å². The topological polar surface area (TPSA) is 120 Å². The van der Waals surface area contributed by atoms with Crippen LogP contribution < -0.4 is 20.6 Å². The van der Waals surface area contributed by atoms with Crippen LogP contribution in [0.2, 0.25) is 0 Å². The lowest BCUT2D eigenvalue weighted by molar-refractivity contribution is -0.000143. The second-order valence-corrected chi connectivity index (χ2v) is 8.91. The van der Waals surface area contributed by atoms with E-state index in [2.05, 4.69) is 5.32 Å². The number of hydrogen-bond acceptors (Lipinski definition) is 9. The van der Waals surface area contributed by atoms with Crippen molar-refractivity contribution in [1.82, 2.24) is 5.32 Å². The minimum Gasteiger partial charge on any atom is -0.497 e. The predicted octanol–water partition coefficient (Wildman–Crippen LogP) is 3.57. The lowest BCUT2D eigenvalue weighted by Gasteiger charge is -2.19. The first-order chi connectivity index (χ1) is 16.4. The number of ether oxygens (including phenoxy) is 3. The highest BCUT2D eigenvalue weighted by molar-refractivity contribution is 8.14. The largest absolute Gasteiger partial charge is 0.519 e. The number of aryl methyl sites for hydroxylation is 1. The fourth-order valence-electron chi connectivity index (χ4n) is 3.49. The fourth-order valence-corrected chi connectivity index (χ4v) is 4.43. The maximum absolute atomic E-state index is 11.4. The third-order valence-corrected chi connectivity index (χ3v) is 6.41. The summed E-state index contributed by atoms with van der Waals surface area (Å²) in [6.07, 6.45) is -0.774. The second-order valence-electron chi connectivity index (χ2n) is 7.70. The van der Waals surface area contributed by atoms with E-state index in [1.807, 2.05) is 48.5 Å². The maximum Gasteiger partial charge on any atom is 0.519 e. The first-order valence-electron chi connectivity index (χ1n) is 10.6. The van der Waals surface area contributed by atoms with Crippen molar-refractivity contribution in [3.8, 4) is 11.5 Å². The zero-order valence-electron chi connectivity index (χ0n) is 18.7. The van der Waals surface area contributed by atoms with Crippen LogP contribution in [0.15, 0.2) is 62.2 Å². The monoisotopic (exact) mass is 487 g/mol. The molecule has 2 heterocycles. The van der Waals surface area contributed by atoms with Crippen LogP contribution >= 0.6 is 11.8 Å². The highest BCUT2D eigenvalue weighted by Crippen LogP contribution is 2.28. The number of rotatable bonds is 10. The summed E-state index contributed by atoms with van der Waals surface area (Å²) in [5.74, 6) is 1.24. The Labute approximate surface area is 200 Å². The molecule has 3 aromatic rings. The minimum atomic E-state index is -0.850. The molecular weight excluding hydrogens is 462 g/mol. The number of thioether (sulfide) groups is 1. The molecule has 0 spiro atoms. The quantitative estimate of drug-likeness (QED) is 0.442. The van der Waals surface area contributed by atoms with Crippen molar-refractivity contribution in [3.05, 3.63) is 81.8 Å². The molecule has 34 heavy (non-hydrogen) atoms. The standard InChI is InChI=1S/C24H25NO8S/c1-14-19(33-24(28)32-14)12-31-20(16-4-3-5-18(11-16)29-2)13-30-17-8-6-15(7-9-17)10-21-22(26)25-23(27)34-21/h3-9,11,20-22,26H,10,12-13H2,1-2H3,(H,25,27). The molecule has 2 N–H and O–H groups in total. The Balaban J connectivity index is 1.41. The Morgan fingerprint density at radius 3 is 2.56 bits per heavy atom. The number of carbonyl (C=O) groups excluding carboxylic acids is 1. The third kappa shape index (κ3) is 6.02. The first-order valence-corrected chi connectivity index (χ1v) is 11.5. The number of aliphatic hydroxyl groups excluding tert-OH is 1. The zero-order valence-corrected chi connectivity index (χ0v) is 19.5. The highest BCUT2D eigenvalue weighted by Gasteiger charge is 2.31. The number of nitrogens with one attached hydrogen (secondary N) is 1. The van der Waals surface area contributed by atoms with E-state index in [9.17, 15) is 14.7 Å². The SMILES string of the molecule is COc1cccc(C(COc2ccc(CC3SC(=O)NC3O)cc2)OCc2oc(=O)oc2C)c1. The van der Waals surface area contributed by atoms with Gasteiger partial charge in [-0.05, 0) is 48.7 Å². The van der Waals surface area contributed by atoms with Crippen molar-refractivity contribution in [3.63, 3.8) is 0 Å². The number of benzene rings is 2. The van der Waals surface area contributed by atoms with Gasteiger partial charge in [0.1, 0.15) is 42.8 Å². The van der Waals surface area contributed by atoms with Gasteiger partial charge in [-0.2, -0.15) is 0 Å². The van der Waals surface area contributed by atoms with Gasteiger partial charge in [0.25, 0.3) is 5.24 Å². The van der Waals surface area contributed by atoms with Crippen LogP contribution in [0.3, 0.4) is 0 Å². The third-order valence-electron chi connectivity index (χ3n) is 5.35. The summed E-state index contributed by atoms with van der Waals surface area (Å²) in [5.41, 5.74) is 1.82. The van der Waals surface area contributed by atoms with Crippen molar-refractivity contribution < 1.29 is 32.9 Å². The normalized spacial score (nSPS) is 18.5. The molecule has 1 aliphatic rings. The van der Waals surface area contributed by atoms with E-state index >= 15 is 0 Å². The smallest absolute Gasteiger partial charge is 0.497 e. The molecule has 10 heteroatoms. The average molecular weight is 488 g/mol. The summed E-state index contributed by atoms with van der Waals surface area (Å²) in [7, 11) is 1.59. The summed E-state index contributed by atoms with van der Waals surface area (Å²) in [5, 5.41) is 11.9. The van der Waals surface area contributed by atoms with Crippen molar-refractivity contribution in [1.29, 1.82) is 0 Å². The van der Waals surface area contributed by atoms with Gasteiger partial charge in [0.2, 0.25) is 0 Å². The van der Waals surface area contributed by atoms with E-state index in [0.717, 1.165) is 22.9 Å². The molecule has 3 atom stereocenters. The van der Waals surface area contributed by atoms with E-state index in [-0.39, 0.29) is 23.7 Å². The summed E-state index contributed by atoms with van der Waals surface area (Å²) >= 11 is 1.10. The van der Waals surface area contributed by atoms with E-state index in [1.165, 1.54) is 0 Å². The number of hydrogen-bond donors (Lipinski definition) is 2. The van der Waals surface area contributed by atoms with E-state index in [0.29, 0.717) is 29.4 Å². The molecule has 3 unspecified atom stereocenters. The van der Waals surface area contributed by atoms with E-state index < -0.39 is 18.2 Å². The molecule has 180 valence electrons. The van der Waals surface area contributed by atoms with E-state index in [1.54, 1.807) is 14.0 Å². The summed E-state index contributed by atoms with van der Waals surface area (Å²) in [4.78, 5) is 22.7. The average Bonchev–Trinajstić information content (AvgIpc) is 3.33. The Bertz CT molecular complexity index is 1170. The molecular formula is C24H25NO8S. The van der Waals surface area contributed by atoms with Crippen LogP contribution in [0.5, 0.6) is 11.5 Å². The van der Waals surface area contributed by atoms with Gasteiger partial charge in [-0.15, -0.1) is 0 Å². The summed E-state index contributed by atoms with van der Waals surface area (Å²) < 4.78 is 27.2. The van der Waals surface area contributed by atoms with Gasteiger partial charge < -0.3 is 33.5 Å². The van der Waals surface area contributed by atoms with Gasteiger partial charge >= 0.3 is 5.82 Å². The van der Waals surface area contributed by atoms with Crippen LogP contribution in [0, 0.1) is 6.92 Å². The minimum absolute atomic E-state index is 0.0376. The van der Waals surface area contributed by atoms with Gasteiger partial charge in [-0.3, -0.25) is 4.79 Å². The molecule has 0 radical (unpaired) electrons. The summed E-state index contributed by atoms with van der Waals surface area (Å²) in [6, 6.07) is 14.9. The van der Waals surface area contributed by atoms with Crippen LogP contribution in [0.4, 0.5) is 4.79 Å². The molecule has 9 nitrogen and oxygen atoms in total. The maximum atomic E-state index is 11.4. The Morgan fingerprint density at radius 1 is 1.12 bits per heavy atom. The molecule has 1 aromatic heterocycles. The van der Waals surface area contributed by atoms with Gasteiger partial charge in [-0.25, -0.2) is 4.79 Å². The number of amides is 1. The lowest BCUT2D eigenvalue weighted by atomic mass is 10.1. The van der Waals surface area contributed by atoms with Gasteiger partial charge in [0, 0.05) is 0 Å². The molecule has 0 aliphatic carbocycles. The Kier molecular flexibility index (Phi) is 7.61. The number of aliphatic hydroxyl groups is 1. The molecule has 1 saturated heterocycles. The Morgan fingerprint density at radius 2 is 1.91 bits per heavy atom. The van der Waals surface area contributed by atoms with Crippen LogP contribution in [-0.2, 0) is 17.8 Å². The van der Waals surface area contributed by atoms with Crippen LogP contribution in [0.1, 0.15) is 28.8 Å². The van der Waals surface area contributed by atoms with Crippen molar-refractivity contribution >= 4 is 17.0 Å². The van der Waals surface area contributed by atoms with Crippen molar-refractivity contribution in [2.24, 2.45) is 0 Å². The van der Waals surface area contributed by atoms with Gasteiger partial charge in [-0.1, -0.05) is 36.0 Å². The number of methoxy groups -OCH3 is 1. The Hall–Kier alpha value is -3.21. The molecule has 0 saturated carbocycles. The highest BCUT2D eigenvalue weighted by atomic mass is 32.2. The molecule has 4 rings (SSSR count). The van der Waals surface area contributed by atoms with E-state index in [4.69, 9.17) is 23.0 Å². The van der Waals surface area contributed by atoms with Crippen LogP contribution in [0.25, 0.3) is 0 Å². The molecule has 0 bridgehead atoms. The molecule has 1 aliphatic heterocycles.